The number of nitrogens with one attached hydrogen (secondary N) is 1. The number of amides is 1. The summed E-state index contributed by atoms with van der Waals surface area (Å²) in [5, 5.41) is 3.23. The molecule has 0 aliphatic carbocycles. The average Bonchev–Trinajstić information content (AvgIpc) is 2.43. The van der Waals surface area contributed by atoms with E-state index in [1.165, 1.54) is 10.5 Å². The van der Waals surface area contributed by atoms with Crippen LogP contribution in [0.15, 0.2) is 29.2 Å². The van der Waals surface area contributed by atoms with E-state index in [-0.39, 0.29) is 5.91 Å². The van der Waals surface area contributed by atoms with Crippen LogP contribution in [0.3, 0.4) is 0 Å². The van der Waals surface area contributed by atoms with Crippen molar-refractivity contribution in [2.75, 3.05) is 26.9 Å². The molecule has 4 heteroatoms. The molecule has 1 amide bonds. The SMILES string of the molecule is CNC(C)c1ccc(SCCCC(=O)N(C)C)cc1. The Morgan fingerprint density at radius 3 is 2.47 bits per heavy atom. The van der Waals surface area contributed by atoms with E-state index in [0.717, 1.165) is 12.2 Å². The lowest BCUT2D eigenvalue weighted by molar-refractivity contribution is -0.128. The molecule has 0 fully saturated rings. The number of hydrogen-bond acceptors (Lipinski definition) is 3. The van der Waals surface area contributed by atoms with Crippen molar-refractivity contribution in [2.24, 2.45) is 0 Å². The van der Waals surface area contributed by atoms with E-state index in [0.29, 0.717) is 12.5 Å². The molecule has 106 valence electrons. The second-order valence-corrected chi connectivity index (χ2v) is 5.99. The summed E-state index contributed by atoms with van der Waals surface area (Å²) >= 11 is 1.81. The van der Waals surface area contributed by atoms with Gasteiger partial charge in [0.05, 0.1) is 0 Å². The van der Waals surface area contributed by atoms with Crippen LogP contribution in [0.5, 0.6) is 0 Å². The lowest BCUT2D eigenvalue weighted by Crippen LogP contribution is -2.21. The van der Waals surface area contributed by atoms with Crippen molar-refractivity contribution in [3.8, 4) is 0 Å². The van der Waals surface area contributed by atoms with Gasteiger partial charge in [0.2, 0.25) is 5.91 Å². The molecule has 0 aromatic heterocycles. The minimum Gasteiger partial charge on any atom is -0.349 e. The molecule has 1 N–H and O–H groups in total. The Labute approximate surface area is 120 Å². The molecule has 1 unspecified atom stereocenters. The highest BCUT2D eigenvalue weighted by molar-refractivity contribution is 7.99. The number of carbonyl (C=O) groups is 1. The lowest BCUT2D eigenvalue weighted by Gasteiger charge is -2.11. The largest absolute Gasteiger partial charge is 0.349 e. The van der Waals surface area contributed by atoms with Crippen LogP contribution in [0, 0.1) is 0 Å². The van der Waals surface area contributed by atoms with Crippen molar-refractivity contribution >= 4 is 17.7 Å². The molecular formula is C15H24N2OS. The maximum absolute atomic E-state index is 11.4. The highest BCUT2D eigenvalue weighted by Crippen LogP contribution is 2.22. The monoisotopic (exact) mass is 280 g/mol. The molecule has 0 radical (unpaired) electrons. The summed E-state index contributed by atoms with van der Waals surface area (Å²) in [4.78, 5) is 14.3. The molecule has 1 rings (SSSR count). The molecule has 0 saturated carbocycles. The Hall–Kier alpha value is -1.00. The maximum Gasteiger partial charge on any atom is 0.222 e. The van der Waals surface area contributed by atoms with Gasteiger partial charge in [0.15, 0.2) is 0 Å². The first-order valence-electron chi connectivity index (χ1n) is 6.64. The van der Waals surface area contributed by atoms with Gasteiger partial charge in [0.1, 0.15) is 0 Å². The third-order valence-electron chi connectivity index (χ3n) is 3.12. The molecule has 0 spiro atoms. The number of rotatable bonds is 7. The first kappa shape index (κ1) is 16.1. The predicted molar refractivity (Wildman–Crippen MR) is 82.6 cm³/mol. The molecule has 0 aliphatic heterocycles. The maximum atomic E-state index is 11.4. The highest BCUT2D eigenvalue weighted by atomic mass is 32.2. The first-order chi connectivity index (χ1) is 9.04. The summed E-state index contributed by atoms with van der Waals surface area (Å²) in [5.41, 5.74) is 1.30. The minimum absolute atomic E-state index is 0.207. The second kappa shape index (κ2) is 8.23. The normalized spacial score (nSPS) is 12.2. The van der Waals surface area contributed by atoms with Gasteiger partial charge in [-0.2, -0.15) is 0 Å². The van der Waals surface area contributed by atoms with E-state index in [4.69, 9.17) is 0 Å². The van der Waals surface area contributed by atoms with Crippen molar-refractivity contribution in [2.45, 2.75) is 30.7 Å². The molecular weight excluding hydrogens is 256 g/mol. The second-order valence-electron chi connectivity index (χ2n) is 4.82. The Morgan fingerprint density at radius 1 is 1.32 bits per heavy atom. The van der Waals surface area contributed by atoms with Crippen LogP contribution in [0.4, 0.5) is 0 Å². The number of benzene rings is 1. The van der Waals surface area contributed by atoms with Crippen LogP contribution < -0.4 is 5.32 Å². The quantitative estimate of drug-likeness (QED) is 0.615. The highest BCUT2D eigenvalue weighted by Gasteiger charge is 2.04. The van der Waals surface area contributed by atoms with E-state index >= 15 is 0 Å². The van der Waals surface area contributed by atoms with Gasteiger partial charge in [-0.25, -0.2) is 0 Å². The fourth-order valence-corrected chi connectivity index (χ4v) is 2.51. The zero-order valence-electron chi connectivity index (χ0n) is 12.3. The fraction of sp³-hybridized carbons (Fsp3) is 0.533. The van der Waals surface area contributed by atoms with Gasteiger partial charge in [-0.05, 0) is 43.8 Å². The summed E-state index contributed by atoms with van der Waals surface area (Å²) in [6.45, 7) is 2.15. The van der Waals surface area contributed by atoms with E-state index in [9.17, 15) is 4.79 Å². The average molecular weight is 280 g/mol. The first-order valence-corrected chi connectivity index (χ1v) is 7.63. The van der Waals surface area contributed by atoms with E-state index in [1.54, 1.807) is 19.0 Å². The van der Waals surface area contributed by atoms with Gasteiger partial charge >= 0.3 is 0 Å². The van der Waals surface area contributed by atoms with E-state index in [1.807, 2.05) is 18.8 Å². The smallest absolute Gasteiger partial charge is 0.222 e. The zero-order valence-corrected chi connectivity index (χ0v) is 13.1. The van der Waals surface area contributed by atoms with Crippen molar-refractivity contribution < 1.29 is 4.79 Å². The predicted octanol–water partition coefficient (Wildman–Crippen LogP) is 2.93. The molecule has 1 atom stereocenters. The minimum atomic E-state index is 0.207. The molecule has 1 aromatic rings. The summed E-state index contributed by atoms with van der Waals surface area (Å²) in [6, 6.07) is 9.02. The number of nitrogens with zero attached hydrogens (tertiary/aromatic N) is 1. The number of carbonyl (C=O) groups excluding carboxylic acids is 1. The van der Waals surface area contributed by atoms with Crippen molar-refractivity contribution in [3.05, 3.63) is 29.8 Å². The Bertz CT molecular complexity index is 390. The third kappa shape index (κ3) is 5.66. The van der Waals surface area contributed by atoms with Gasteiger partial charge < -0.3 is 10.2 Å². The molecule has 19 heavy (non-hydrogen) atoms. The van der Waals surface area contributed by atoms with Crippen molar-refractivity contribution in [1.82, 2.24) is 10.2 Å². The van der Waals surface area contributed by atoms with Crippen LogP contribution >= 0.6 is 11.8 Å². The Morgan fingerprint density at radius 2 is 1.95 bits per heavy atom. The van der Waals surface area contributed by atoms with Crippen LogP contribution in [-0.2, 0) is 4.79 Å². The van der Waals surface area contributed by atoms with Gasteiger partial charge in [0, 0.05) is 31.5 Å². The fourth-order valence-electron chi connectivity index (χ4n) is 1.66. The van der Waals surface area contributed by atoms with Crippen molar-refractivity contribution in [1.29, 1.82) is 0 Å². The van der Waals surface area contributed by atoms with Crippen LogP contribution in [0.25, 0.3) is 0 Å². The Kier molecular flexibility index (Phi) is 6.95. The van der Waals surface area contributed by atoms with Gasteiger partial charge in [0.25, 0.3) is 0 Å². The zero-order chi connectivity index (χ0) is 14.3. The summed E-state index contributed by atoms with van der Waals surface area (Å²) in [6.07, 6.45) is 1.56. The molecule has 1 aromatic carbocycles. The molecule has 3 nitrogen and oxygen atoms in total. The summed E-state index contributed by atoms with van der Waals surface area (Å²) in [5.74, 6) is 1.19. The van der Waals surface area contributed by atoms with Gasteiger partial charge in [-0.15, -0.1) is 11.8 Å². The molecule has 0 heterocycles. The van der Waals surface area contributed by atoms with Gasteiger partial charge in [-0.1, -0.05) is 12.1 Å². The number of thioether (sulfide) groups is 1. The summed E-state index contributed by atoms with van der Waals surface area (Å²) in [7, 11) is 5.57. The summed E-state index contributed by atoms with van der Waals surface area (Å²) < 4.78 is 0. The molecule has 0 aliphatic rings. The Balaban J connectivity index is 2.32. The topological polar surface area (TPSA) is 32.3 Å². The van der Waals surface area contributed by atoms with Crippen LogP contribution in [0.1, 0.15) is 31.4 Å². The standard InChI is InChI=1S/C15H24N2OS/c1-12(16-2)13-7-9-14(10-8-13)19-11-5-6-15(18)17(3)4/h7-10,12,16H,5-6,11H2,1-4H3. The molecule has 0 bridgehead atoms. The van der Waals surface area contributed by atoms with Crippen LogP contribution in [-0.4, -0.2) is 37.7 Å². The van der Waals surface area contributed by atoms with Crippen LogP contribution in [0.2, 0.25) is 0 Å². The third-order valence-corrected chi connectivity index (χ3v) is 4.21. The number of hydrogen-bond donors (Lipinski definition) is 1. The van der Waals surface area contributed by atoms with Crippen molar-refractivity contribution in [3.63, 3.8) is 0 Å². The molecule has 0 saturated heterocycles. The van der Waals surface area contributed by atoms with Gasteiger partial charge in [-0.3, -0.25) is 4.79 Å². The lowest BCUT2D eigenvalue weighted by atomic mass is 10.1. The van der Waals surface area contributed by atoms with E-state index in [2.05, 4.69) is 36.5 Å². The van der Waals surface area contributed by atoms with E-state index < -0.39 is 0 Å².